The van der Waals surface area contributed by atoms with Gasteiger partial charge >= 0.3 is 0 Å². The Bertz CT molecular complexity index is 98.7. The normalized spacial score (nSPS) is 10.7. The summed E-state index contributed by atoms with van der Waals surface area (Å²) in [5.74, 6) is 0. The maximum Gasteiger partial charge on any atom is 0.0851 e. The summed E-state index contributed by atoms with van der Waals surface area (Å²) in [5.41, 5.74) is 0. The SMILES string of the molecule is C[Si](C)(C)C=S=O. The Morgan fingerprint density at radius 1 is 1.43 bits per heavy atom. The van der Waals surface area contributed by atoms with Gasteiger partial charge in [0.2, 0.25) is 0 Å². The number of rotatable bonds is 1. The predicted octanol–water partition coefficient (Wildman–Crippen LogP) is 0.879. The molecule has 42 valence electrons. The average Bonchev–Trinajstić information content (AvgIpc) is 1.30. The molecule has 0 aliphatic carbocycles. The molecule has 0 amide bonds. The minimum atomic E-state index is -1.13. The molecule has 0 aromatic carbocycles. The molecule has 0 aliphatic heterocycles. The third-order valence-electron chi connectivity index (χ3n) is 0.402. The molecular formula is C4H10OSSi. The van der Waals surface area contributed by atoms with Crippen LogP contribution in [0, 0.1) is 0 Å². The zero-order valence-corrected chi connectivity index (χ0v) is 6.71. The van der Waals surface area contributed by atoms with Crippen molar-refractivity contribution in [2.45, 2.75) is 19.6 Å². The first-order valence-electron chi connectivity index (χ1n) is 2.19. The van der Waals surface area contributed by atoms with Crippen molar-refractivity contribution in [3.63, 3.8) is 0 Å². The highest BCUT2D eigenvalue weighted by Gasteiger charge is 2.06. The van der Waals surface area contributed by atoms with E-state index in [-0.39, 0.29) is 0 Å². The Morgan fingerprint density at radius 2 is 1.86 bits per heavy atom. The molecule has 0 heterocycles. The van der Waals surface area contributed by atoms with Gasteiger partial charge in [0.15, 0.2) is 0 Å². The van der Waals surface area contributed by atoms with E-state index in [1.54, 1.807) is 0 Å². The van der Waals surface area contributed by atoms with E-state index >= 15 is 0 Å². The second-order valence-corrected chi connectivity index (χ2v) is 8.45. The maximum absolute atomic E-state index is 9.84. The summed E-state index contributed by atoms with van der Waals surface area (Å²) < 4.78 is 9.84. The maximum atomic E-state index is 9.84. The fraction of sp³-hybridized carbons (Fsp3) is 0.750. The number of hydrogen-bond acceptors (Lipinski definition) is 1. The molecule has 7 heavy (non-hydrogen) atoms. The molecule has 0 radical (unpaired) electrons. The fourth-order valence-electron chi connectivity index (χ4n) is 0.144. The molecule has 0 saturated heterocycles. The largest absolute Gasteiger partial charge is 0.213 e. The molecule has 0 bridgehead atoms. The molecule has 0 fully saturated rings. The standard InChI is InChI=1S/C4H10OSSi/c1-7(2,3)4-6-5/h4H,1-3H3. The lowest BCUT2D eigenvalue weighted by Gasteiger charge is -2.02. The zero-order chi connectivity index (χ0) is 5.91. The first-order valence-corrected chi connectivity index (χ1v) is 6.57. The van der Waals surface area contributed by atoms with E-state index in [2.05, 4.69) is 19.6 Å². The Balaban J connectivity index is 3.80. The highest BCUT2D eigenvalue weighted by molar-refractivity contribution is 7.70. The molecule has 3 heteroatoms. The van der Waals surface area contributed by atoms with Crippen molar-refractivity contribution in [3.05, 3.63) is 0 Å². The quantitative estimate of drug-likeness (QED) is 0.384. The van der Waals surface area contributed by atoms with Gasteiger partial charge in [-0.3, -0.25) is 0 Å². The second-order valence-electron chi connectivity index (χ2n) is 2.58. The lowest BCUT2D eigenvalue weighted by Crippen LogP contribution is -2.21. The minimum absolute atomic E-state index is 0.595. The molecular weight excluding hydrogens is 124 g/mol. The summed E-state index contributed by atoms with van der Waals surface area (Å²) in [6.07, 6.45) is 0. The van der Waals surface area contributed by atoms with E-state index in [4.69, 9.17) is 0 Å². The van der Waals surface area contributed by atoms with Crippen LogP contribution >= 0.6 is 0 Å². The van der Waals surface area contributed by atoms with Crippen molar-refractivity contribution in [1.29, 1.82) is 0 Å². The van der Waals surface area contributed by atoms with Crippen LogP contribution in [0.3, 0.4) is 0 Å². The van der Waals surface area contributed by atoms with Gasteiger partial charge in [0.25, 0.3) is 0 Å². The third kappa shape index (κ3) is 6.11. The molecule has 0 aromatic heterocycles. The lowest BCUT2D eigenvalue weighted by atomic mass is 11.8. The van der Waals surface area contributed by atoms with E-state index < -0.39 is 8.07 Å². The van der Waals surface area contributed by atoms with Crippen LogP contribution in [0.5, 0.6) is 0 Å². The first-order chi connectivity index (χ1) is 3.06. The van der Waals surface area contributed by atoms with Crippen molar-refractivity contribution in [1.82, 2.24) is 0 Å². The molecule has 0 N–H and O–H groups in total. The molecule has 0 spiro atoms. The van der Waals surface area contributed by atoms with Gasteiger partial charge in [-0.1, -0.05) is 19.6 Å². The fourth-order valence-corrected chi connectivity index (χ4v) is 1.30. The van der Waals surface area contributed by atoms with Crippen LogP contribution in [-0.2, 0) is 11.3 Å². The second kappa shape index (κ2) is 2.42. The van der Waals surface area contributed by atoms with Gasteiger partial charge in [-0.05, 0) is 4.99 Å². The van der Waals surface area contributed by atoms with E-state index in [1.807, 2.05) is 4.99 Å². The predicted molar refractivity (Wildman–Crippen MR) is 37.6 cm³/mol. The van der Waals surface area contributed by atoms with Crippen LogP contribution in [0.25, 0.3) is 0 Å². The Labute approximate surface area is 48.8 Å². The Morgan fingerprint density at radius 3 is 1.86 bits per heavy atom. The monoisotopic (exact) mass is 134 g/mol. The smallest absolute Gasteiger partial charge is 0.0851 e. The van der Waals surface area contributed by atoms with Gasteiger partial charge in [0.1, 0.15) is 0 Å². The van der Waals surface area contributed by atoms with Gasteiger partial charge < -0.3 is 0 Å². The molecule has 1 nitrogen and oxygen atoms in total. The summed E-state index contributed by atoms with van der Waals surface area (Å²) in [4.78, 5) is 1.81. The van der Waals surface area contributed by atoms with Gasteiger partial charge in [-0.2, -0.15) is 0 Å². The zero-order valence-electron chi connectivity index (χ0n) is 4.89. The topological polar surface area (TPSA) is 17.1 Å². The van der Waals surface area contributed by atoms with Crippen molar-refractivity contribution >= 4 is 24.3 Å². The van der Waals surface area contributed by atoms with E-state index in [9.17, 15) is 4.21 Å². The lowest BCUT2D eigenvalue weighted by molar-refractivity contribution is 0.701. The van der Waals surface area contributed by atoms with Crippen LogP contribution in [0.15, 0.2) is 0 Å². The third-order valence-corrected chi connectivity index (χ3v) is 3.61. The van der Waals surface area contributed by atoms with Crippen LogP contribution in [0.1, 0.15) is 0 Å². The summed E-state index contributed by atoms with van der Waals surface area (Å²) in [6, 6.07) is 0. The Kier molecular flexibility index (Phi) is 2.46. The van der Waals surface area contributed by atoms with Crippen LogP contribution in [-0.4, -0.2) is 17.3 Å². The van der Waals surface area contributed by atoms with E-state index in [0.717, 1.165) is 0 Å². The Hall–Kier alpha value is 0.107. The summed E-state index contributed by atoms with van der Waals surface area (Å²) in [5, 5.41) is 0. The van der Waals surface area contributed by atoms with Crippen LogP contribution < -0.4 is 0 Å². The average molecular weight is 134 g/mol. The molecule has 0 aliphatic rings. The molecule has 0 aromatic rings. The van der Waals surface area contributed by atoms with Crippen molar-refractivity contribution in [2.75, 3.05) is 0 Å². The molecule has 0 saturated carbocycles. The number of hydrogen-bond donors (Lipinski definition) is 0. The van der Waals surface area contributed by atoms with Gasteiger partial charge in [-0.15, -0.1) is 0 Å². The first kappa shape index (κ1) is 7.11. The summed E-state index contributed by atoms with van der Waals surface area (Å²) in [7, 11) is -1.13. The van der Waals surface area contributed by atoms with Crippen molar-refractivity contribution in [3.8, 4) is 0 Å². The van der Waals surface area contributed by atoms with Gasteiger partial charge in [-0.25, -0.2) is 4.21 Å². The highest BCUT2D eigenvalue weighted by Crippen LogP contribution is 1.92. The van der Waals surface area contributed by atoms with E-state index in [1.165, 1.54) is 0 Å². The van der Waals surface area contributed by atoms with Crippen molar-refractivity contribution in [2.24, 2.45) is 0 Å². The van der Waals surface area contributed by atoms with Crippen LogP contribution in [0.4, 0.5) is 0 Å². The van der Waals surface area contributed by atoms with Gasteiger partial charge in [0, 0.05) is 0 Å². The van der Waals surface area contributed by atoms with Crippen LogP contribution in [0.2, 0.25) is 19.6 Å². The molecule has 0 atom stereocenters. The van der Waals surface area contributed by atoms with Crippen molar-refractivity contribution < 1.29 is 4.21 Å². The molecule has 0 rings (SSSR count). The van der Waals surface area contributed by atoms with E-state index in [0.29, 0.717) is 11.3 Å². The molecule has 0 unspecified atom stereocenters. The summed E-state index contributed by atoms with van der Waals surface area (Å²) in [6.45, 7) is 6.41. The highest BCUT2D eigenvalue weighted by atomic mass is 32.1. The minimum Gasteiger partial charge on any atom is -0.213 e. The summed E-state index contributed by atoms with van der Waals surface area (Å²) >= 11 is 0.595. The van der Waals surface area contributed by atoms with Gasteiger partial charge in [0.05, 0.1) is 19.3 Å².